The summed E-state index contributed by atoms with van der Waals surface area (Å²) in [5, 5.41) is 5.37. The number of amidine groups is 1. The average molecular weight is 380 g/mol. The van der Waals surface area contributed by atoms with Crippen molar-refractivity contribution in [3.05, 3.63) is 64.7 Å². The van der Waals surface area contributed by atoms with Gasteiger partial charge in [-0.15, -0.1) is 5.10 Å². The van der Waals surface area contributed by atoms with Gasteiger partial charge in [-0.05, 0) is 43.3 Å². The van der Waals surface area contributed by atoms with E-state index in [1.807, 2.05) is 6.07 Å². The number of anilines is 1. The number of aromatic nitrogens is 2. The third-order valence-electron chi connectivity index (χ3n) is 4.20. The molecule has 27 heavy (non-hydrogen) atoms. The van der Waals surface area contributed by atoms with Gasteiger partial charge in [0.05, 0.1) is 29.5 Å². The second-order valence-corrected chi connectivity index (χ2v) is 6.83. The number of fused-ring (bicyclic) bond motifs is 1. The molecule has 0 unspecified atom stereocenters. The van der Waals surface area contributed by atoms with Gasteiger partial charge < -0.3 is 4.74 Å². The van der Waals surface area contributed by atoms with Crippen LogP contribution in [0.15, 0.2) is 58.4 Å². The fourth-order valence-corrected chi connectivity index (χ4v) is 3.72. The van der Waals surface area contributed by atoms with E-state index in [0.717, 1.165) is 0 Å². The van der Waals surface area contributed by atoms with Crippen LogP contribution in [-0.4, -0.2) is 33.6 Å². The van der Waals surface area contributed by atoms with Crippen LogP contribution in [0.25, 0.3) is 10.9 Å². The number of carbonyl (C=O) groups is 1. The molecule has 0 aliphatic carbocycles. The maximum atomic E-state index is 12.8. The third-order valence-corrected chi connectivity index (χ3v) is 5.11. The summed E-state index contributed by atoms with van der Waals surface area (Å²) in [5.41, 5.74) is 1.03. The number of ether oxygens (including phenoxy) is 1. The smallest absolute Gasteiger partial charge is 0.282 e. The highest BCUT2D eigenvalue weighted by molar-refractivity contribution is 8.15. The molecule has 2 aromatic carbocycles. The SMILES string of the molecule is COc1ccc(N2C(=O)CS/C2=N\n2c(C)nc3ccccc3c2=O)cc1. The Kier molecular flexibility index (Phi) is 4.41. The lowest BCUT2D eigenvalue weighted by Gasteiger charge is -2.17. The molecule has 3 aromatic rings. The van der Waals surface area contributed by atoms with E-state index in [1.165, 1.54) is 21.3 Å². The molecule has 0 atom stereocenters. The Balaban J connectivity index is 1.81. The monoisotopic (exact) mass is 380 g/mol. The molecular formula is C19H16N4O3S. The molecule has 8 heteroatoms. The number of aryl methyl sites for hydroxylation is 1. The van der Waals surface area contributed by atoms with Crippen molar-refractivity contribution in [1.82, 2.24) is 9.66 Å². The highest BCUT2D eigenvalue weighted by Crippen LogP contribution is 2.28. The Hall–Kier alpha value is -3.13. The average Bonchev–Trinajstić information content (AvgIpc) is 3.05. The van der Waals surface area contributed by atoms with Crippen LogP contribution in [0, 0.1) is 6.92 Å². The van der Waals surface area contributed by atoms with Crippen LogP contribution >= 0.6 is 11.8 Å². The molecule has 1 aliphatic heterocycles. The van der Waals surface area contributed by atoms with E-state index < -0.39 is 0 Å². The Morgan fingerprint density at radius 3 is 2.59 bits per heavy atom. The van der Waals surface area contributed by atoms with Gasteiger partial charge >= 0.3 is 0 Å². The first-order chi connectivity index (χ1) is 13.1. The first-order valence-corrected chi connectivity index (χ1v) is 9.24. The minimum atomic E-state index is -0.264. The number of rotatable bonds is 3. The number of para-hydroxylation sites is 1. The van der Waals surface area contributed by atoms with E-state index in [0.29, 0.717) is 33.3 Å². The Morgan fingerprint density at radius 2 is 1.85 bits per heavy atom. The fraction of sp³-hybridized carbons (Fsp3) is 0.158. The summed E-state index contributed by atoms with van der Waals surface area (Å²) in [7, 11) is 1.58. The van der Waals surface area contributed by atoms with Gasteiger partial charge in [0.25, 0.3) is 5.56 Å². The first-order valence-electron chi connectivity index (χ1n) is 8.25. The number of carbonyl (C=O) groups excluding carboxylic acids is 1. The van der Waals surface area contributed by atoms with Crippen LogP contribution in [0.2, 0.25) is 0 Å². The Labute approximate surface area is 159 Å². The Bertz CT molecular complexity index is 1120. The molecule has 2 heterocycles. The molecule has 4 rings (SSSR count). The number of benzene rings is 2. The molecule has 1 aliphatic rings. The van der Waals surface area contributed by atoms with Crippen molar-refractivity contribution in [2.45, 2.75) is 6.92 Å². The third kappa shape index (κ3) is 3.08. The van der Waals surface area contributed by atoms with Crippen molar-refractivity contribution >= 4 is 39.4 Å². The zero-order valence-corrected chi connectivity index (χ0v) is 15.6. The lowest BCUT2D eigenvalue weighted by atomic mass is 10.2. The van der Waals surface area contributed by atoms with Crippen molar-refractivity contribution in [3.8, 4) is 5.75 Å². The molecule has 136 valence electrons. The maximum absolute atomic E-state index is 12.8. The molecule has 1 fully saturated rings. The van der Waals surface area contributed by atoms with E-state index in [2.05, 4.69) is 10.1 Å². The number of thioether (sulfide) groups is 1. The molecule has 1 saturated heterocycles. The second kappa shape index (κ2) is 6.88. The molecule has 0 bridgehead atoms. The predicted molar refractivity (Wildman–Crippen MR) is 107 cm³/mol. The molecular weight excluding hydrogens is 364 g/mol. The summed E-state index contributed by atoms with van der Waals surface area (Å²) >= 11 is 1.29. The lowest BCUT2D eigenvalue weighted by molar-refractivity contribution is -0.115. The quantitative estimate of drug-likeness (QED) is 0.698. The van der Waals surface area contributed by atoms with Gasteiger partial charge in [0.1, 0.15) is 11.6 Å². The standard InChI is InChI=1S/C19H16N4O3S/c1-12-20-16-6-4-3-5-15(16)18(25)23(12)21-19-22(17(24)11-27-19)13-7-9-14(26-2)10-8-13/h3-10H,11H2,1-2H3/b21-19-. The van der Waals surface area contributed by atoms with Crippen LogP contribution in [0.4, 0.5) is 5.69 Å². The summed E-state index contributed by atoms with van der Waals surface area (Å²) in [4.78, 5) is 31.2. The van der Waals surface area contributed by atoms with Crippen LogP contribution in [-0.2, 0) is 4.79 Å². The van der Waals surface area contributed by atoms with Crippen molar-refractivity contribution in [2.24, 2.45) is 5.10 Å². The minimum absolute atomic E-state index is 0.0941. The molecule has 0 spiro atoms. The summed E-state index contributed by atoms with van der Waals surface area (Å²) in [5.74, 6) is 1.33. The first kappa shape index (κ1) is 17.3. The van der Waals surface area contributed by atoms with Gasteiger partial charge in [0.2, 0.25) is 5.91 Å². The number of methoxy groups -OCH3 is 1. The minimum Gasteiger partial charge on any atom is -0.497 e. The van der Waals surface area contributed by atoms with E-state index >= 15 is 0 Å². The number of nitrogens with zero attached hydrogens (tertiary/aromatic N) is 4. The highest BCUT2D eigenvalue weighted by atomic mass is 32.2. The van der Waals surface area contributed by atoms with Gasteiger partial charge in [-0.1, -0.05) is 23.9 Å². The molecule has 0 N–H and O–H groups in total. The van der Waals surface area contributed by atoms with Gasteiger partial charge in [0, 0.05) is 0 Å². The predicted octanol–water partition coefficient (Wildman–Crippen LogP) is 2.61. The largest absolute Gasteiger partial charge is 0.497 e. The van der Waals surface area contributed by atoms with Crippen LogP contribution < -0.4 is 15.2 Å². The Morgan fingerprint density at radius 1 is 1.11 bits per heavy atom. The van der Waals surface area contributed by atoms with Crippen molar-refractivity contribution in [2.75, 3.05) is 17.8 Å². The molecule has 0 radical (unpaired) electrons. The van der Waals surface area contributed by atoms with E-state index in [1.54, 1.807) is 56.5 Å². The zero-order chi connectivity index (χ0) is 19.0. The number of hydrogen-bond donors (Lipinski definition) is 0. The van der Waals surface area contributed by atoms with Gasteiger partial charge in [-0.25, -0.2) is 4.98 Å². The summed E-state index contributed by atoms with van der Waals surface area (Å²) < 4.78 is 6.41. The van der Waals surface area contributed by atoms with E-state index in [4.69, 9.17) is 4.74 Å². The zero-order valence-electron chi connectivity index (χ0n) is 14.7. The van der Waals surface area contributed by atoms with Gasteiger partial charge in [0.15, 0.2) is 5.17 Å². The van der Waals surface area contributed by atoms with Crippen molar-refractivity contribution in [1.29, 1.82) is 0 Å². The van der Waals surface area contributed by atoms with E-state index in [9.17, 15) is 9.59 Å². The van der Waals surface area contributed by atoms with Gasteiger partial charge in [-0.3, -0.25) is 14.5 Å². The lowest BCUT2D eigenvalue weighted by Crippen LogP contribution is -2.31. The summed E-state index contributed by atoms with van der Waals surface area (Å²) in [6, 6.07) is 14.3. The van der Waals surface area contributed by atoms with Crippen molar-refractivity contribution < 1.29 is 9.53 Å². The van der Waals surface area contributed by atoms with Crippen LogP contribution in [0.5, 0.6) is 5.75 Å². The van der Waals surface area contributed by atoms with Crippen LogP contribution in [0.3, 0.4) is 0 Å². The normalized spacial score (nSPS) is 15.7. The highest BCUT2D eigenvalue weighted by Gasteiger charge is 2.30. The van der Waals surface area contributed by atoms with Crippen LogP contribution in [0.1, 0.15) is 5.82 Å². The summed E-state index contributed by atoms with van der Waals surface area (Å²) in [6.45, 7) is 1.72. The fourth-order valence-electron chi connectivity index (χ4n) is 2.86. The van der Waals surface area contributed by atoms with E-state index in [-0.39, 0.29) is 17.2 Å². The molecule has 0 saturated carbocycles. The molecule has 1 amide bonds. The second-order valence-electron chi connectivity index (χ2n) is 5.89. The number of amides is 1. The number of hydrogen-bond acceptors (Lipinski definition) is 6. The molecule has 1 aromatic heterocycles. The molecule has 7 nitrogen and oxygen atoms in total. The topological polar surface area (TPSA) is 76.8 Å². The summed E-state index contributed by atoms with van der Waals surface area (Å²) in [6.07, 6.45) is 0. The van der Waals surface area contributed by atoms with Gasteiger partial charge in [-0.2, -0.15) is 4.68 Å². The van der Waals surface area contributed by atoms with Crippen molar-refractivity contribution in [3.63, 3.8) is 0 Å². The maximum Gasteiger partial charge on any atom is 0.282 e.